The van der Waals surface area contributed by atoms with Crippen molar-refractivity contribution in [1.29, 1.82) is 0 Å². The number of rotatable bonds is 6. The summed E-state index contributed by atoms with van der Waals surface area (Å²) in [7, 11) is -3.75. The molecule has 0 aliphatic rings. The molecule has 2 aromatic rings. The highest BCUT2D eigenvalue weighted by Gasteiger charge is 2.12. The van der Waals surface area contributed by atoms with Gasteiger partial charge in [-0.3, -0.25) is 4.79 Å². The molecule has 8 heteroatoms. The second-order valence-electron chi connectivity index (χ2n) is 4.96. The Labute approximate surface area is 145 Å². The van der Waals surface area contributed by atoms with Crippen molar-refractivity contribution >= 4 is 33.7 Å². The molecule has 6 nitrogen and oxygen atoms in total. The number of benzene rings is 2. The number of nitrogens with zero attached hydrogens (tertiary/aromatic N) is 1. The number of nitrogens with one attached hydrogen (secondary N) is 2. The summed E-state index contributed by atoms with van der Waals surface area (Å²) in [6, 6.07) is 13.0. The monoisotopic (exact) mass is 365 g/mol. The topological polar surface area (TPSA) is 87.6 Å². The van der Waals surface area contributed by atoms with Crippen LogP contribution in [0.25, 0.3) is 0 Å². The van der Waals surface area contributed by atoms with E-state index in [1.807, 2.05) is 0 Å². The van der Waals surface area contributed by atoms with Crippen molar-refractivity contribution < 1.29 is 13.2 Å². The van der Waals surface area contributed by atoms with Crippen LogP contribution in [-0.4, -0.2) is 20.5 Å². The van der Waals surface area contributed by atoms with E-state index in [0.717, 1.165) is 5.56 Å². The Bertz CT molecular complexity index is 832. The summed E-state index contributed by atoms with van der Waals surface area (Å²) < 4.78 is 24.3. The van der Waals surface area contributed by atoms with Crippen LogP contribution in [0, 0.1) is 0 Å². The smallest absolute Gasteiger partial charge is 0.276 e. The molecule has 0 bridgehead atoms. The average molecular weight is 366 g/mol. The van der Waals surface area contributed by atoms with Gasteiger partial charge in [-0.05, 0) is 35.4 Å². The Hall–Kier alpha value is -2.38. The minimum atomic E-state index is -3.75. The highest BCUT2D eigenvalue weighted by molar-refractivity contribution is 7.89. The van der Waals surface area contributed by atoms with Gasteiger partial charge in [-0.15, -0.1) is 0 Å². The molecule has 0 spiro atoms. The van der Waals surface area contributed by atoms with Crippen molar-refractivity contribution in [2.24, 2.45) is 5.10 Å². The SMILES string of the molecule is CC(=O)NCc1ccc(S(=O)(=O)N/N=C/c2ccc(Cl)cc2)cc1. The van der Waals surface area contributed by atoms with E-state index in [1.54, 1.807) is 36.4 Å². The second-order valence-corrected chi connectivity index (χ2v) is 7.06. The van der Waals surface area contributed by atoms with Gasteiger partial charge in [0.05, 0.1) is 11.1 Å². The molecule has 1 amide bonds. The normalized spacial score (nSPS) is 11.4. The Morgan fingerprint density at radius 3 is 2.33 bits per heavy atom. The van der Waals surface area contributed by atoms with Crippen LogP contribution in [0.3, 0.4) is 0 Å². The van der Waals surface area contributed by atoms with E-state index in [-0.39, 0.29) is 10.8 Å². The zero-order valence-corrected chi connectivity index (χ0v) is 14.4. The van der Waals surface area contributed by atoms with Gasteiger partial charge >= 0.3 is 0 Å². The number of amides is 1. The summed E-state index contributed by atoms with van der Waals surface area (Å²) in [4.78, 5) is 13.1. The van der Waals surface area contributed by atoms with Crippen LogP contribution < -0.4 is 10.1 Å². The molecule has 2 rings (SSSR count). The Morgan fingerprint density at radius 2 is 1.75 bits per heavy atom. The fraction of sp³-hybridized carbons (Fsp3) is 0.125. The van der Waals surface area contributed by atoms with Gasteiger partial charge in [0.1, 0.15) is 0 Å². The molecule has 126 valence electrons. The standard InChI is InChI=1S/C16H16ClN3O3S/c1-12(21)18-10-13-4-8-16(9-5-13)24(22,23)20-19-11-14-2-6-15(17)7-3-14/h2-9,11,20H,10H2,1H3,(H,18,21)/b19-11+. The molecule has 2 aromatic carbocycles. The van der Waals surface area contributed by atoms with Gasteiger partial charge in [-0.25, -0.2) is 4.83 Å². The van der Waals surface area contributed by atoms with Gasteiger partial charge < -0.3 is 5.32 Å². The molecule has 24 heavy (non-hydrogen) atoms. The van der Waals surface area contributed by atoms with Crippen LogP contribution in [0.5, 0.6) is 0 Å². The van der Waals surface area contributed by atoms with Crippen LogP contribution in [0.15, 0.2) is 58.5 Å². The number of carbonyl (C=O) groups excluding carboxylic acids is 1. The minimum Gasteiger partial charge on any atom is -0.352 e. The van der Waals surface area contributed by atoms with E-state index in [1.165, 1.54) is 25.3 Å². The number of hydrogen-bond acceptors (Lipinski definition) is 4. The van der Waals surface area contributed by atoms with Gasteiger partial charge in [0.15, 0.2) is 0 Å². The summed E-state index contributed by atoms with van der Waals surface area (Å²) in [5.41, 5.74) is 1.52. The lowest BCUT2D eigenvalue weighted by Crippen LogP contribution is -2.20. The van der Waals surface area contributed by atoms with E-state index in [9.17, 15) is 13.2 Å². The van der Waals surface area contributed by atoms with Crippen molar-refractivity contribution in [2.75, 3.05) is 0 Å². The fourth-order valence-corrected chi connectivity index (χ4v) is 2.70. The summed E-state index contributed by atoms with van der Waals surface area (Å²) in [5, 5.41) is 6.97. The quantitative estimate of drug-likeness (QED) is 0.608. The van der Waals surface area contributed by atoms with Crippen molar-refractivity contribution in [2.45, 2.75) is 18.4 Å². The molecule has 0 aliphatic carbocycles. The van der Waals surface area contributed by atoms with Crippen molar-refractivity contribution in [3.8, 4) is 0 Å². The fourth-order valence-electron chi connectivity index (χ4n) is 1.78. The van der Waals surface area contributed by atoms with Crippen molar-refractivity contribution in [1.82, 2.24) is 10.1 Å². The Kier molecular flexibility index (Phi) is 5.94. The maximum Gasteiger partial charge on any atom is 0.276 e. The Balaban J connectivity index is 2.01. The van der Waals surface area contributed by atoms with Gasteiger partial charge in [-0.2, -0.15) is 13.5 Å². The zero-order chi connectivity index (χ0) is 17.6. The van der Waals surface area contributed by atoms with Crippen LogP contribution in [-0.2, 0) is 21.4 Å². The van der Waals surface area contributed by atoms with Crippen molar-refractivity contribution in [3.05, 3.63) is 64.7 Å². The van der Waals surface area contributed by atoms with Gasteiger partial charge in [-0.1, -0.05) is 35.9 Å². The van der Waals surface area contributed by atoms with E-state index >= 15 is 0 Å². The predicted octanol–water partition coefficient (Wildman–Crippen LogP) is 2.29. The zero-order valence-electron chi connectivity index (χ0n) is 12.9. The maximum absolute atomic E-state index is 12.1. The third-order valence-corrected chi connectivity index (χ3v) is 4.52. The molecule has 0 heterocycles. The lowest BCUT2D eigenvalue weighted by atomic mass is 10.2. The molecule has 0 unspecified atom stereocenters. The van der Waals surface area contributed by atoms with E-state index < -0.39 is 10.0 Å². The van der Waals surface area contributed by atoms with Gasteiger partial charge in [0.2, 0.25) is 5.91 Å². The molecule has 0 atom stereocenters. The molecular weight excluding hydrogens is 350 g/mol. The summed E-state index contributed by atoms with van der Waals surface area (Å²) in [6.45, 7) is 1.76. The first-order valence-corrected chi connectivity index (χ1v) is 8.87. The predicted molar refractivity (Wildman–Crippen MR) is 93.3 cm³/mol. The maximum atomic E-state index is 12.1. The van der Waals surface area contributed by atoms with Crippen LogP contribution in [0.4, 0.5) is 0 Å². The first-order chi connectivity index (χ1) is 11.4. The average Bonchev–Trinajstić information content (AvgIpc) is 2.55. The second kappa shape index (κ2) is 7.94. The number of hydrazone groups is 1. The van der Waals surface area contributed by atoms with Crippen LogP contribution in [0.2, 0.25) is 5.02 Å². The number of sulfonamides is 1. The third-order valence-electron chi connectivity index (χ3n) is 3.03. The summed E-state index contributed by atoms with van der Waals surface area (Å²) in [5.74, 6) is -0.148. The highest BCUT2D eigenvalue weighted by atomic mass is 35.5. The molecule has 0 aromatic heterocycles. The summed E-state index contributed by atoms with van der Waals surface area (Å²) in [6.07, 6.45) is 1.39. The third kappa shape index (κ3) is 5.36. The summed E-state index contributed by atoms with van der Waals surface area (Å²) >= 11 is 5.77. The van der Waals surface area contributed by atoms with Crippen molar-refractivity contribution in [3.63, 3.8) is 0 Å². The molecular formula is C16H16ClN3O3S. The van der Waals surface area contributed by atoms with Crippen LogP contribution >= 0.6 is 11.6 Å². The molecule has 0 saturated carbocycles. The van der Waals surface area contributed by atoms with Gasteiger partial charge in [0, 0.05) is 18.5 Å². The molecule has 0 aliphatic heterocycles. The van der Waals surface area contributed by atoms with E-state index in [0.29, 0.717) is 17.1 Å². The number of halogens is 1. The minimum absolute atomic E-state index is 0.0855. The van der Waals surface area contributed by atoms with Gasteiger partial charge in [0.25, 0.3) is 10.0 Å². The van der Waals surface area contributed by atoms with Crippen LogP contribution in [0.1, 0.15) is 18.1 Å². The van der Waals surface area contributed by atoms with E-state index in [2.05, 4.69) is 15.2 Å². The lowest BCUT2D eigenvalue weighted by Gasteiger charge is -2.06. The number of hydrogen-bond donors (Lipinski definition) is 2. The molecule has 0 fully saturated rings. The molecule has 2 N–H and O–H groups in total. The highest BCUT2D eigenvalue weighted by Crippen LogP contribution is 2.11. The lowest BCUT2D eigenvalue weighted by molar-refractivity contribution is -0.119. The Morgan fingerprint density at radius 1 is 1.12 bits per heavy atom. The first kappa shape index (κ1) is 18.0. The largest absolute Gasteiger partial charge is 0.352 e. The molecule has 0 radical (unpaired) electrons. The molecule has 0 saturated heterocycles. The number of carbonyl (C=O) groups is 1. The van der Waals surface area contributed by atoms with E-state index in [4.69, 9.17) is 11.6 Å². The first-order valence-electron chi connectivity index (χ1n) is 7.01.